The van der Waals surface area contributed by atoms with E-state index in [1.807, 2.05) is 48.5 Å². The molecule has 1 atom stereocenters. The highest BCUT2D eigenvalue weighted by Crippen LogP contribution is 2.13. The van der Waals surface area contributed by atoms with Crippen molar-refractivity contribution in [2.75, 3.05) is 18.8 Å². The van der Waals surface area contributed by atoms with Gasteiger partial charge in [0.2, 0.25) is 5.91 Å². The highest BCUT2D eigenvalue weighted by molar-refractivity contribution is 7.98. The molecule has 2 rings (SSSR count). The SMILES string of the molecule is C=CCSNC(CC=C)=NCCNC(=O)[C@@H](NC(=O)OCc1ccccc1)c1ccccc1. The molecule has 0 aliphatic heterocycles. The predicted molar refractivity (Wildman–Crippen MR) is 135 cm³/mol. The lowest BCUT2D eigenvalue weighted by atomic mass is 10.1. The van der Waals surface area contributed by atoms with Crippen molar-refractivity contribution in [2.45, 2.75) is 19.1 Å². The summed E-state index contributed by atoms with van der Waals surface area (Å²) < 4.78 is 8.43. The molecule has 0 saturated heterocycles. The average Bonchev–Trinajstić information content (AvgIpc) is 2.85. The van der Waals surface area contributed by atoms with Crippen molar-refractivity contribution in [1.82, 2.24) is 15.4 Å². The van der Waals surface area contributed by atoms with Gasteiger partial charge in [0.25, 0.3) is 0 Å². The van der Waals surface area contributed by atoms with Crippen LogP contribution in [0.5, 0.6) is 0 Å². The number of nitrogens with one attached hydrogen (secondary N) is 3. The summed E-state index contributed by atoms with van der Waals surface area (Å²) >= 11 is 1.48. The molecule has 0 heterocycles. The van der Waals surface area contributed by atoms with E-state index >= 15 is 0 Å². The van der Waals surface area contributed by atoms with Crippen molar-refractivity contribution in [3.63, 3.8) is 0 Å². The van der Waals surface area contributed by atoms with Crippen molar-refractivity contribution >= 4 is 29.8 Å². The highest BCUT2D eigenvalue weighted by atomic mass is 32.2. The summed E-state index contributed by atoms with van der Waals surface area (Å²) in [6, 6.07) is 17.5. The minimum Gasteiger partial charge on any atom is -0.445 e. The number of carbonyl (C=O) groups excluding carboxylic acids is 2. The molecule has 0 fully saturated rings. The van der Waals surface area contributed by atoms with Gasteiger partial charge in [-0.05, 0) is 23.1 Å². The van der Waals surface area contributed by atoms with Crippen molar-refractivity contribution < 1.29 is 14.3 Å². The first-order valence-electron chi connectivity index (χ1n) is 10.6. The fourth-order valence-electron chi connectivity index (χ4n) is 2.76. The Hall–Kier alpha value is -3.52. The van der Waals surface area contributed by atoms with Crippen LogP contribution in [0.4, 0.5) is 4.79 Å². The number of benzene rings is 2. The lowest BCUT2D eigenvalue weighted by Gasteiger charge is -2.18. The number of alkyl carbamates (subject to hydrolysis) is 1. The summed E-state index contributed by atoms with van der Waals surface area (Å²) in [6.45, 7) is 8.23. The average molecular weight is 467 g/mol. The number of hydrogen-bond acceptors (Lipinski definition) is 5. The smallest absolute Gasteiger partial charge is 0.408 e. The van der Waals surface area contributed by atoms with Crippen LogP contribution in [0.15, 0.2) is 91.0 Å². The Morgan fingerprint density at radius 2 is 1.73 bits per heavy atom. The number of ether oxygens (including phenoxy) is 1. The van der Waals surface area contributed by atoms with Gasteiger partial charge in [0.1, 0.15) is 18.5 Å². The summed E-state index contributed by atoms with van der Waals surface area (Å²) in [5.74, 6) is 1.18. The van der Waals surface area contributed by atoms with Gasteiger partial charge < -0.3 is 20.1 Å². The standard InChI is InChI=1S/C25H30N4O3S/c1-3-11-22(29-33-18-4-2)26-16-17-27-24(30)23(21-14-9-6-10-15-21)28-25(31)32-19-20-12-7-5-8-13-20/h3-10,12-15,23H,1-2,11,16-19H2,(H,26,29)(H,27,30)(H,28,31)/t23-/m0/s1. The van der Waals surface area contributed by atoms with E-state index in [9.17, 15) is 9.59 Å². The molecule has 0 aromatic heterocycles. The van der Waals surface area contributed by atoms with Crippen LogP contribution in [0.3, 0.4) is 0 Å². The van der Waals surface area contributed by atoms with Crippen molar-refractivity contribution in [2.24, 2.45) is 4.99 Å². The lowest BCUT2D eigenvalue weighted by Crippen LogP contribution is -2.41. The molecular weight excluding hydrogens is 436 g/mol. The minimum atomic E-state index is -0.882. The maximum atomic E-state index is 12.9. The molecule has 0 saturated carbocycles. The maximum Gasteiger partial charge on any atom is 0.408 e. The van der Waals surface area contributed by atoms with E-state index in [1.54, 1.807) is 24.3 Å². The summed E-state index contributed by atoms with van der Waals surface area (Å²) in [4.78, 5) is 29.7. The molecule has 174 valence electrons. The quantitative estimate of drug-likeness (QED) is 0.136. The monoisotopic (exact) mass is 466 g/mol. The van der Waals surface area contributed by atoms with E-state index in [1.165, 1.54) is 11.9 Å². The van der Waals surface area contributed by atoms with Crippen LogP contribution in [0.2, 0.25) is 0 Å². The molecule has 0 unspecified atom stereocenters. The van der Waals surface area contributed by atoms with Crippen LogP contribution in [0, 0.1) is 0 Å². The van der Waals surface area contributed by atoms with Gasteiger partial charge in [-0.2, -0.15) is 0 Å². The molecule has 33 heavy (non-hydrogen) atoms. The molecule has 0 bridgehead atoms. The van der Waals surface area contributed by atoms with Crippen molar-refractivity contribution in [3.05, 3.63) is 97.1 Å². The van der Waals surface area contributed by atoms with Crippen molar-refractivity contribution in [3.8, 4) is 0 Å². The molecule has 7 nitrogen and oxygen atoms in total. The molecule has 3 N–H and O–H groups in total. The summed E-state index contributed by atoms with van der Waals surface area (Å²) in [5.41, 5.74) is 1.52. The highest BCUT2D eigenvalue weighted by Gasteiger charge is 2.23. The van der Waals surface area contributed by atoms with Gasteiger partial charge >= 0.3 is 6.09 Å². The van der Waals surface area contributed by atoms with Crippen LogP contribution >= 0.6 is 11.9 Å². The Bertz CT molecular complexity index is 920. The largest absolute Gasteiger partial charge is 0.445 e. The Kier molecular flexibility index (Phi) is 11.9. The van der Waals surface area contributed by atoms with E-state index in [4.69, 9.17) is 4.74 Å². The second-order valence-corrected chi connectivity index (χ2v) is 7.69. The van der Waals surface area contributed by atoms with Crippen LogP contribution in [-0.2, 0) is 16.1 Å². The number of nitrogens with zero attached hydrogens (tertiary/aromatic N) is 1. The Labute approximate surface area is 199 Å². The van der Waals surface area contributed by atoms with Crippen LogP contribution in [0.1, 0.15) is 23.6 Å². The number of aliphatic imine (C=N–C) groups is 1. The fraction of sp³-hybridized carbons (Fsp3) is 0.240. The first-order valence-corrected chi connectivity index (χ1v) is 11.6. The lowest BCUT2D eigenvalue weighted by molar-refractivity contribution is -0.123. The van der Waals surface area contributed by atoms with Crippen molar-refractivity contribution in [1.29, 1.82) is 0 Å². The molecule has 0 aliphatic rings. The summed E-state index contributed by atoms with van der Waals surface area (Å²) in [7, 11) is 0. The molecule has 8 heteroatoms. The second kappa shape index (κ2) is 15.3. The van der Waals surface area contributed by atoms with E-state index in [0.717, 1.165) is 17.2 Å². The maximum absolute atomic E-state index is 12.9. The molecular formula is C25H30N4O3S. The third-order valence-corrected chi connectivity index (χ3v) is 5.09. The molecule has 0 radical (unpaired) electrons. The predicted octanol–water partition coefficient (Wildman–Crippen LogP) is 4.17. The van der Waals surface area contributed by atoms with Gasteiger partial charge in [-0.3, -0.25) is 9.79 Å². The van der Waals surface area contributed by atoms with Gasteiger partial charge in [0.15, 0.2) is 0 Å². The first-order chi connectivity index (χ1) is 16.1. The van der Waals surface area contributed by atoms with E-state index in [2.05, 4.69) is 33.5 Å². The van der Waals surface area contributed by atoms with Crippen LogP contribution in [0.25, 0.3) is 0 Å². The molecule has 2 aromatic carbocycles. The number of amidine groups is 1. The minimum absolute atomic E-state index is 0.119. The zero-order valence-corrected chi connectivity index (χ0v) is 19.4. The number of hydrogen-bond donors (Lipinski definition) is 3. The van der Waals surface area contributed by atoms with Gasteiger partial charge in [0.05, 0.1) is 6.54 Å². The zero-order valence-electron chi connectivity index (χ0n) is 18.5. The Morgan fingerprint density at radius 1 is 1.03 bits per heavy atom. The number of carbonyl (C=O) groups is 2. The molecule has 0 aliphatic carbocycles. The Balaban J connectivity index is 1.92. The van der Waals surface area contributed by atoms with E-state index in [0.29, 0.717) is 25.1 Å². The van der Waals surface area contributed by atoms with Gasteiger partial charge in [0, 0.05) is 18.7 Å². The zero-order chi connectivity index (χ0) is 23.7. The van der Waals surface area contributed by atoms with E-state index in [-0.39, 0.29) is 12.5 Å². The van der Waals surface area contributed by atoms with Gasteiger partial charge in [-0.15, -0.1) is 13.2 Å². The van der Waals surface area contributed by atoms with Crippen LogP contribution < -0.4 is 15.4 Å². The van der Waals surface area contributed by atoms with Gasteiger partial charge in [-0.1, -0.05) is 72.8 Å². The third-order valence-electron chi connectivity index (χ3n) is 4.31. The van der Waals surface area contributed by atoms with Crippen LogP contribution in [-0.4, -0.2) is 36.7 Å². The topological polar surface area (TPSA) is 91.8 Å². The number of amides is 2. The first kappa shape index (κ1) is 25.7. The molecule has 2 amide bonds. The molecule has 2 aromatic rings. The molecule has 0 spiro atoms. The Morgan fingerprint density at radius 3 is 2.39 bits per heavy atom. The summed E-state index contributed by atoms with van der Waals surface area (Å²) in [6.07, 6.45) is 3.48. The second-order valence-electron chi connectivity index (χ2n) is 6.86. The normalized spacial score (nSPS) is 11.7. The van der Waals surface area contributed by atoms with E-state index < -0.39 is 12.1 Å². The summed E-state index contributed by atoms with van der Waals surface area (Å²) in [5, 5.41) is 5.49. The fourth-order valence-corrected chi connectivity index (χ4v) is 3.28. The number of rotatable bonds is 13. The third kappa shape index (κ3) is 10.1. The van der Waals surface area contributed by atoms with Gasteiger partial charge in [-0.25, -0.2) is 4.79 Å².